The molecule has 1 aromatic carbocycles. The van der Waals surface area contributed by atoms with Crippen molar-refractivity contribution in [1.29, 1.82) is 0 Å². The molecule has 0 atom stereocenters. The van der Waals surface area contributed by atoms with E-state index in [1.807, 2.05) is 25.2 Å². The van der Waals surface area contributed by atoms with Crippen molar-refractivity contribution in [2.75, 3.05) is 13.2 Å². The molecule has 0 unspecified atom stereocenters. The van der Waals surface area contributed by atoms with Crippen molar-refractivity contribution < 1.29 is 9.53 Å². The third-order valence-electron chi connectivity index (χ3n) is 3.01. The van der Waals surface area contributed by atoms with E-state index in [0.29, 0.717) is 31.9 Å². The summed E-state index contributed by atoms with van der Waals surface area (Å²) in [5.41, 5.74) is 1.01. The van der Waals surface area contributed by atoms with Crippen LogP contribution in [0.2, 0.25) is 0 Å². The molecule has 0 aliphatic heterocycles. The molecule has 1 aromatic heterocycles. The van der Waals surface area contributed by atoms with Crippen LogP contribution >= 0.6 is 15.9 Å². The lowest BCUT2D eigenvalue weighted by molar-refractivity contribution is -0.121. The van der Waals surface area contributed by atoms with Crippen molar-refractivity contribution in [1.82, 2.24) is 15.1 Å². The maximum Gasteiger partial charge on any atom is 0.240 e. The van der Waals surface area contributed by atoms with Gasteiger partial charge in [0.05, 0.1) is 17.5 Å². The van der Waals surface area contributed by atoms with Crippen LogP contribution in [0.3, 0.4) is 0 Å². The standard InChI is InChI=1S/C15H18BrN3O2/c1-3-8-17-14(20)5-4-9-21-15-12-10-11(16)6-7-13(12)19(2)18-15/h3,6-7,10H,1,4-5,8-9H2,2H3,(H,17,20). The van der Waals surface area contributed by atoms with Crippen LogP contribution in [0.4, 0.5) is 0 Å². The summed E-state index contributed by atoms with van der Waals surface area (Å²) in [6.07, 6.45) is 2.74. The van der Waals surface area contributed by atoms with Crippen molar-refractivity contribution >= 4 is 32.7 Å². The van der Waals surface area contributed by atoms with E-state index in [0.717, 1.165) is 15.4 Å². The second kappa shape index (κ2) is 7.26. The summed E-state index contributed by atoms with van der Waals surface area (Å²) in [5.74, 6) is 0.604. The van der Waals surface area contributed by atoms with Gasteiger partial charge in [-0.2, -0.15) is 0 Å². The largest absolute Gasteiger partial charge is 0.476 e. The van der Waals surface area contributed by atoms with Crippen LogP contribution in [0.5, 0.6) is 5.88 Å². The lowest BCUT2D eigenvalue weighted by Gasteiger charge is -2.04. The summed E-state index contributed by atoms with van der Waals surface area (Å²) in [6, 6.07) is 5.94. The van der Waals surface area contributed by atoms with Gasteiger partial charge in [0.25, 0.3) is 0 Å². The van der Waals surface area contributed by atoms with Gasteiger partial charge in [-0.25, -0.2) is 0 Å². The van der Waals surface area contributed by atoms with Crippen molar-refractivity contribution in [3.63, 3.8) is 0 Å². The minimum Gasteiger partial charge on any atom is -0.476 e. The van der Waals surface area contributed by atoms with E-state index in [2.05, 4.69) is 32.9 Å². The highest BCUT2D eigenvalue weighted by Crippen LogP contribution is 2.27. The molecular formula is C15H18BrN3O2. The highest BCUT2D eigenvalue weighted by Gasteiger charge is 2.10. The van der Waals surface area contributed by atoms with Crippen LogP contribution in [0, 0.1) is 0 Å². The predicted molar refractivity (Wildman–Crippen MR) is 86.3 cm³/mol. The Morgan fingerprint density at radius 1 is 1.57 bits per heavy atom. The molecule has 0 spiro atoms. The van der Waals surface area contributed by atoms with Gasteiger partial charge >= 0.3 is 0 Å². The number of aryl methyl sites for hydroxylation is 1. The molecule has 1 amide bonds. The second-order valence-electron chi connectivity index (χ2n) is 4.63. The van der Waals surface area contributed by atoms with Gasteiger partial charge < -0.3 is 10.1 Å². The number of aromatic nitrogens is 2. The molecule has 1 heterocycles. The Bertz CT molecular complexity index is 652. The highest BCUT2D eigenvalue weighted by molar-refractivity contribution is 9.10. The Morgan fingerprint density at radius 2 is 2.38 bits per heavy atom. The van der Waals surface area contributed by atoms with E-state index >= 15 is 0 Å². The maximum absolute atomic E-state index is 11.4. The van der Waals surface area contributed by atoms with Crippen LogP contribution in [0.15, 0.2) is 35.3 Å². The number of nitrogens with one attached hydrogen (secondary N) is 1. The van der Waals surface area contributed by atoms with Crippen LogP contribution in [0.1, 0.15) is 12.8 Å². The summed E-state index contributed by atoms with van der Waals surface area (Å²) < 4.78 is 8.47. The lowest BCUT2D eigenvalue weighted by atomic mass is 10.2. The Morgan fingerprint density at radius 3 is 3.14 bits per heavy atom. The Kier molecular flexibility index (Phi) is 5.38. The first-order valence-corrected chi connectivity index (χ1v) is 7.53. The topological polar surface area (TPSA) is 56.1 Å². The average molecular weight is 352 g/mol. The van der Waals surface area contributed by atoms with Gasteiger partial charge in [-0.15, -0.1) is 11.7 Å². The number of carbonyl (C=O) groups excluding carboxylic acids is 1. The normalized spacial score (nSPS) is 10.6. The third kappa shape index (κ3) is 4.07. The van der Waals surface area contributed by atoms with E-state index in [4.69, 9.17) is 4.74 Å². The molecule has 0 saturated carbocycles. The summed E-state index contributed by atoms with van der Waals surface area (Å²) in [6.45, 7) is 4.51. The van der Waals surface area contributed by atoms with Crippen molar-refractivity contribution in [2.24, 2.45) is 7.05 Å². The molecule has 6 heteroatoms. The molecule has 2 aromatic rings. The van der Waals surface area contributed by atoms with Crippen molar-refractivity contribution in [2.45, 2.75) is 12.8 Å². The fourth-order valence-corrected chi connectivity index (χ4v) is 2.35. The maximum atomic E-state index is 11.4. The van der Waals surface area contributed by atoms with Gasteiger partial charge in [0.2, 0.25) is 11.8 Å². The molecule has 2 rings (SSSR count). The van der Waals surface area contributed by atoms with E-state index < -0.39 is 0 Å². The molecule has 0 saturated heterocycles. The first-order valence-electron chi connectivity index (χ1n) is 6.74. The molecule has 0 fully saturated rings. The minimum absolute atomic E-state index is 0.00660. The number of benzene rings is 1. The number of fused-ring (bicyclic) bond motifs is 1. The Balaban J connectivity index is 1.90. The first-order chi connectivity index (χ1) is 10.1. The summed E-state index contributed by atoms with van der Waals surface area (Å²) in [5, 5.41) is 8.05. The fourth-order valence-electron chi connectivity index (χ4n) is 1.99. The average Bonchev–Trinajstić information content (AvgIpc) is 2.77. The number of rotatable bonds is 7. The van der Waals surface area contributed by atoms with E-state index in [1.165, 1.54) is 0 Å². The molecule has 0 aliphatic rings. The zero-order valence-electron chi connectivity index (χ0n) is 11.9. The Hall–Kier alpha value is -1.82. The zero-order valence-corrected chi connectivity index (χ0v) is 13.5. The van der Waals surface area contributed by atoms with Crippen molar-refractivity contribution in [3.05, 3.63) is 35.3 Å². The van der Waals surface area contributed by atoms with Gasteiger partial charge in [-0.3, -0.25) is 9.48 Å². The molecular weight excluding hydrogens is 334 g/mol. The smallest absolute Gasteiger partial charge is 0.240 e. The number of carbonyl (C=O) groups is 1. The predicted octanol–water partition coefficient (Wildman–Crippen LogP) is 2.80. The van der Waals surface area contributed by atoms with Gasteiger partial charge in [0.15, 0.2) is 0 Å². The van der Waals surface area contributed by atoms with Crippen LogP contribution in [0.25, 0.3) is 10.9 Å². The van der Waals surface area contributed by atoms with E-state index in [1.54, 1.807) is 10.8 Å². The van der Waals surface area contributed by atoms with Gasteiger partial charge in [0, 0.05) is 24.5 Å². The van der Waals surface area contributed by atoms with Gasteiger partial charge in [-0.05, 0) is 24.6 Å². The zero-order chi connectivity index (χ0) is 15.2. The number of amides is 1. The van der Waals surface area contributed by atoms with Crippen LogP contribution in [-0.4, -0.2) is 28.8 Å². The summed E-state index contributed by atoms with van der Waals surface area (Å²) >= 11 is 3.45. The summed E-state index contributed by atoms with van der Waals surface area (Å²) in [7, 11) is 1.88. The number of halogens is 1. The van der Waals surface area contributed by atoms with E-state index in [-0.39, 0.29) is 5.91 Å². The molecule has 0 radical (unpaired) electrons. The number of hydrogen-bond acceptors (Lipinski definition) is 3. The van der Waals surface area contributed by atoms with Gasteiger partial charge in [0.1, 0.15) is 0 Å². The molecule has 1 N–H and O–H groups in total. The lowest BCUT2D eigenvalue weighted by Crippen LogP contribution is -2.23. The minimum atomic E-state index is 0.00660. The molecule has 0 bridgehead atoms. The van der Waals surface area contributed by atoms with Gasteiger partial charge in [-0.1, -0.05) is 22.0 Å². The SMILES string of the molecule is C=CCNC(=O)CCCOc1nn(C)c2ccc(Br)cc12. The quantitative estimate of drug-likeness (QED) is 0.616. The fraction of sp³-hybridized carbons (Fsp3) is 0.333. The molecule has 21 heavy (non-hydrogen) atoms. The highest BCUT2D eigenvalue weighted by atomic mass is 79.9. The van der Waals surface area contributed by atoms with Crippen molar-refractivity contribution in [3.8, 4) is 5.88 Å². The molecule has 112 valence electrons. The van der Waals surface area contributed by atoms with E-state index in [9.17, 15) is 4.79 Å². The first kappa shape index (κ1) is 15.6. The van der Waals surface area contributed by atoms with Crippen LogP contribution in [-0.2, 0) is 11.8 Å². The number of nitrogens with zero attached hydrogens (tertiary/aromatic N) is 2. The molecule has 5 nitrogen and oxygen atoms in total. The Labute approximate surface area is 132 Å². The second-order valence-corrected chi connectivity index (χ2v) is 5.55. The third-order valence-corrected chi connectivity index (χ3v) is 3.50. The molecule has 0 aliphatic carbocycles. The monoisotopic (exact) mass is 351 g/mol. The van der Waals surface area contributed by atoms with Crippen LogP contribution < -0.4 is 10.1 Å². The number of hydrogen-bond donors (Lipinski definition) is 1. The summed E-state index contributed by atoms with van der Waals surface area (Å²) in [4.78, 5) is 11.4. The number of ether oxygens (including phenoxy) is 1.